The second-order valence-electron chi connectivity index (χ2n) is 6.70. The molecule has 0 saturated carbocycles. The van der Waals surface area contributed by atoms with Crippen LogP contribution in [0.1, 0.15) is 44.0 Å². The molecule has 2 aromatic rings. The van der Waals surface area contributed by atoms with Gasteiger partial charge in [-0.1, -0.05) is 0 Å². The van der Waals surface area contributed by atoms with Crippen molar-refractivity contribution in [2.45, 2.75) is 50.8 Å². The molecule has 134 valence electrons. The lowest BCUT2D eigenvalue weighted by molar-refractivity contribution is 0.0940. The molecule has 2 aliphatic rings. The van der Waals surface area contributed by atoms with Gasteiger partial charge in [0.25, 0.3) is 0 Å². The summed E-state index contributed by atoms with van der Waals surface area (Å²) in [5.41, 5.74) is 0.715. The Morgan fingerprint density at radius 2 is 2.32 bits per heavy atom. The molecule has 2 atom stereocenters. The molecule has 0 spiro atoms. The number of carbonyl (C=O) groups is 1. The largest absolute Gasteiger partial charge is 0.376 e. The van der Waals surface area contributed by atoms with E-state index in [1.54, 1.807) is 18.6 Å². The van der Waals surface area contributed by atoms with Gasteiger partial charge in [0.05, 0.1) is 30.6 Å². The van der Waals surface area contributed by atoms with Crippen LogP contribution in [0.4, 0.5) is 10.5 Å². The number of hydrogen-bond donors (Lipinski definition) is 2. The Bertz CT molecular complexity index is 692. The number of nitrogens with one attached hydrogen (secondary N) is 2. The molecular formula is C17H24N6O2. The number of imidazole rings is 1. The molecule has 2 aromatic heterocycles. The molecule has 25 heavy (non-hydrogen) atoms. The van der Waals surface area contributed by atoms with Crippen molar-refractivity contribution in [3.05, 3.63) is 30.6 Å². The van der Waals surface area contributed by atoms with Crippen LogP contribution in [-0.2, 0) is 11.3 Å². The summed E-state index contributed by atoms with van der Waals surface area (Å²) in [6, 6.07) is -0.0940. The number of rotatable bonds is 4. The second-order valence-corrected chi connectivity index (χ2v) is 6.70. The lowest BCUT2D eigenvalue weighted by atomic mass is 10.0. The van der Waals surface area contributed by atoms with Crippen LogP contribution in [0.2, 0.25) is 0 Å². The molecular weight excluding hydrogens is 320 g/mol. The van der Waals surface area contributed by atoms with E-state index in [4.69, 9.17) is 4.74 Å². The Hall–Kier alpha value is -2.35. The number of aromatic nitrogens is 4. The number of amides is 2. The zero-order valence-electron chi connectivity index (χ0n) is 14.2. The maximum absolute atomic E-state index is 12.7. The quantitative estimate of drug-likeness (QED) is 0.892. The maximum atomic E-state index is 12.7. The Balaban J connectivity index is 1.39. The van der Waals surface area contributed by atoms with Crippen LogP contribution in [0.25, 0.3) is 0 Å². The van der Waals surface area contributed by atoms with Crippen LogP contribution >= 0.6 is 0 Å². The maximum Gasteiger partial charge on any atom is 0.322 e. The molecule has 2 fully saturated rings. The third-order valence-electron chi connectivity index (χ3n) is 4.90. The first-order chi connectivity index (χ1) is 12.3. The highest BCUT2D eigenvalue weighted by Gasteiger charge is 2.29. The summed E-state index contributed by atoms with van der Waals surface area (Å²) in [5, 5.41) is 7.30. The fraction of sp³-hybridized carbons (Fsp3) is 0.588. The lowest BCUT2D eigenvalue weighted by Gasteiger charge is -2.34. The number of anilines is 1. The van der Waals surface area contributed by atoms with E-state index < -0.39 is 0 Å². The lowest BCUT2D eigenvalue weighted by Crippen LogP contribution is -2.41. The van der Waals surface area contributed by atoms with E-state index in [0.717, 1.165) is 57.6 Å². The highest BCUT2D eigenvalue weighted by molar-refractivity contribution is 5.89. The minimum atomic E-state index is -0.0993. The van der Waals surface area contributed by atoms with Gasteiger partial charge in [0, 0.05) is 31.7 Å². The number of urea groups is 1. The molecule has 2 saturated heterocycles. The summed E-state index contributed by atoms with van der Waals surface area (Å²) in [7, 11) is 0. The monoisotopic (exact) mass is 344 g/mol. The van der Waals surface area contributed by atoms with E-state index >= 15 is 0 Å². The number of nitrogens with zero attached hydrogens (tertiary/aromatic N) is 4. The highest BCUT2D eigenvalue weighted by atomic mass is 16.5. The van der Waals surface area contributed by atoms with E-state index in [-0.39, 0.29) is 18.2 Å². The van der Waals surface area contributed by atoms with Gasteiger partial charge in [-0.3, -0.25) is 4.68 Å². The van der Waals surface area contributed by atoms with E-state index in [1.165, 1.54) is 0 Å². The van der Waals surface area contributed by atoms with E-state index in [0.29, 0.717) is 5.69 Å². The smallest absolute Gasteiger partial charge is 0.322 e. The van der Waals surface area contributed by atoms with E-state index in [2.05, 4.69) is 20.4 Å². The third kappa shape index (κ3) is 3.68. The molecule has 0 aromatic carbocycles. The van der Waals surface area contributed by atoms with Gasteiger partial charge in [-0.2, -0.15) is 5.10 Å². The van der Waals surface area contributed by atoms with Gasteiger partial charge in [0.1, 0.15) is 5.82 Å². The molecule has 0 bridgehead atoms. The summed E-state index contributed by atoms with van der Waals surface area (Å²) < 4.78 is 7.47. The predicted octanol–water partition coefficient (Wildman–Crippen LogP) is 2.54. The SMILES string of the molecule is O=C(Nc1cnn(C[C@@H]2CCCO2)c1)N1CCCC[C@@H]1c1ncc[nH]1. The molecule has 4 rings (SSSR count). The highest BCUT2D eigenvalue weighted by Crippen LogP contribution is 2.29. The van der Waals surface area contributed by atoms with Crippen LogP contribution in [0.15, 0.2) is 24.8 Å². The minimum absolute atomic E-state index is 0.00526. The van der Waals surface area contributed by atoms with Crippen molar-refractivity contribution in [1.82, 2.24) is 24.6 Å². The Morgan fingerprint density at radius 3 is 3.12 bits per heavy atom. The summed E-state index contributed by atoms with van der Waals surface area (Å²) >= 11 is 0. The van der Waals surface area contributed by atoms with Crippen molar-refractivity contribution in [3.8, 4) is 0 Å². The zero-order valence-corrected chi connectivity index (χ0v) is 14.2. The first kappa shape index (κ1) is 16.1. The third-order valence-corrected chi connectivity index (χ3v) is 4.90. The van der Waals surface area contributed by atoms with Crippen molar-refractivity contribution in [2.24, 2.45) is 0 Å². The van der Waals surface area contributed by atoms with Crippen molar-refractivity contribution in [3.63, 3.8) is 0 Å². The number of piperidine rings is 1. The number of aromatic amines is 1. The number of hydrogen-bond acceptors (Lipinski definition) is 4. The fourth-order valence-electron chi connectivity index (χ4n) is 3.64. The van der Waals surface area contributed by atoms with Crippen molar-refractivity contribution < 1.29 is 9.53 Å². The number of likely N-dealkylation sites (tertiary alicyclic amines) is 1. The van der Waals surface area contributed by atoms with Gasteiger partial charge in [0.15, 0.2) is 0 Å². The van der Waals surface area contributed by atoms with E-state index in [9.17, 15) is 4.79 Å². The standard InChI is InChI=1S/C17H24N6O2/c24-17(23-8-2-1-5-15(23)16-18-6-7-19-16)21-13-10-20-22(11-13)12-14-4-3-9-25-14/h6-7,10-11,14-15H,1-5,8-9,12H2,(H,18,19)(H,21,24)/t14-,15+/m0/s1. The molecule has 2 aliphatic heterocycles. The fourth-order valence-corrected chi connectivity index (χ4v) is 3.64. The molecule has 8 heteroatoms. The van der Waals surface area contributed by atoms with Gasteiger partial charge >= 0.3 is 6.03 Å². The van der Waals surface area contributed by atoms with Crippen LogP contribution < -0.4 is 5.32 Å². The first-order valence-corrected chi connectivity index (χ1v) is 9.00. The molecule has 0 aliphatic carbocycles. The molecule has 4 heterocycles. The Labute approximate surface area is 146 Å². The van der Waals surface area contributed by atoms with Crippen molar-refractivity contribution >= 4 is 11.7 Å². The average Bonchev–Trinajstić information content (AvgIpc) is 3.38. The summed E-state index contributed by atoms with van der Waals surface area (Å²) in [5.74, 6) is 0.851. The van der Waals surface area contributed by atoms with Gasteiger partial charge in [-0.25, -0.2) is 9.78 Å². The number of ether oxygens (including phenoxy) is 1. The van der Waals surface area contributed by atoms with Gasteiger partial charge in [-0.15, -0.1) is 0 Å². The summed E-state index contributed by atoms with van der Waals surface area (Å²) in [6.07, 6.45) is 12.6. The van der Waals surface area contributed by atoms with Gasteiger partial charge in [-0.05, 0) is 32.1 Å². The van der Waals surface area contributed by atoms with Crippen LogP contribution in [0.5, 0.6) is 0 Å². The Morgan fingerprint density at radius 1 is 1.36 bits per heavy atom. The summed E-state index contributed by atoms with van der Waals surface area (Å²) in [4.78, 5) is 22.1. The normalized spacial score (nSPS) is 23.8. The molecule has 2 amide bonds. The average molecular weight is 344 g/mol. The zero-order chi connectivity index (χ0) is 17.1. The predicted molar refractivity (Wildman–Crippen MR) is 92.1 cm³/mol. The van der Waals surface area contributed by atoms with Crippen LogP contribution in [0.3, 0.4) is 0 Å². The minimum Gasteiger partial charge on any atom is -0.376 e. The number of H-pyrrole nitrogens is 1. The summed E-state index contributed by atoms with van der Waals surface area (Å²) in [6.45, 7) is 2.30. The van der Waals surface area contributed by atoms with Crippen LogP contribution in [-0.4, -0.2) is 49.9 Å². The molecule has 0 unspecified atom stereocenters. The van der Waals surface area contributed by atoms with Crippen LogP contribution in [0, 0.1) is 0 Å². The van der Waals surface area contributed by atoms with E-state index in [1.807, 2.05) is 15.8 Å². The van der Waals surface area contributed by atoms with Crippen molar-refractivity contribution in [2.75, 3.05) is 18.5 Å². The topological polar surface area (TPSA) is 88.1 Å². The number of carbonyl (C=O) groups excluding carboxylic acids is 1. The Kier molecular flexibility index (Phi) is 4.69. The molecule has 0 radical (unpaired) electrons. The van der Waals surface area contributed by atoms with Crippen molar-refractivity contribution in [1.29, 1.82) is 0 Å². The second kappa shape index (κ2) is 7.26. The molecule has 8 nitrogen and oxygen atoms in total. The van der Waals surface area contributed by atoms with Gasteiger partial charge < -0.3 is 19.9 Å². The first-order valence-electron chi connectivity index (χ1n) is 9.00. The van der Waals surface area contributed by atoms with Gasteiger partial charge in [0.2, 0.25) is 0 Å². The molecule has 2 N–H and O–H groups in total.